The van der Waals surface area contributed by atoms with Gasteiger partial charge in [0.15, 0.2) is 0 Å². The van der Waals surface area contributed by atoms with Gasteiger partial charge in [0.25, 0.3) is 0 Å². The SMILES string of the molecule is COC(=O)C(CCCCNC(=O)CC[C@@H](C)C1CCC2C3C(O)CC4C[C@H](O)CC[C@]4(C)C3CC[C@@]21C)CC(=O)CC[C@@H](C)C1CCC2C3C(O)CC4C[C@H](O)CC[C@]4(C)C3CC[C@@]21C. The average molecular weight is 908 g/mol. The van der Waals surface area contributed by atoms with Crippen LogP contribution in [0.3, 0.4) is 0 Å². The standard InChI is InChI=1S/C56H93NO8/c1-33(41-14-16-43-50-45(21-25-55(41,43)5)53(3)23-19-39(59)29-36(53)31-47(50)61)11-13-38(58)28-35(52(64)65-7)10-8-9-27-57-49(63)18-12-34(2)42-15-17-44-51-46(22-26-56(42,44)6)54(4)24-20-40(60)30-37(54)32-48(51)62/h33-37,39-48,50-51,59-62H,8-32H2,1-7H3,(H,57,63)/t33-,34-,35?,36?,37?,39-,40-,41?,42?,43?,44?,45?,46?,47?,48?,50?,51?,53+,54+,55-,56-/m1/s1. The van der Waals surface area contributed by atoms with Crippen molar-refractivity contribution in [2.75, 3.05) is 13.7 Å². The summed E-state index contributed by atoms with van der Waals surface area (Å²) in [6.45, 7) is 15.2. The van der Waals surface area contributed by atoms with Gasteiger partial charge in [-0.15, -0.1) is 0 Å². The number of aliphatic hydroxyl groups excluding tert-OH is 4. The van der Waals surface area contributed by atoms with Crippen molar-refractivity contribution in [3.8, 4) is 0 Å². The number of esters is 1. The molecule has 9 nitrogen and oxygen atoms in total. The number of carbonyl (C=O) groups excluding carboxylic acids is 3. The number of unbranched alkanes of at least 4 members (excludes halogenated alkanes) is 1. The van der Waals surface area contributed by atoms with Crippen LogP contribution < -0.4 is 5.32 Å². The molecule has 0 bridgehead atoms. The number of aliphatic hydroxyl groups is 4. The van der Waals surface area contributed by atoms with E-state index in [0.717, 1.165) is 96.3 Å². The summed E-state index contributed by atoms with van der Waals surface area (Å²) >= 11 is 0. The summed E-state index contributed by atoms with van der Waals surface area (Å²) in [5.74, 6) is 5.06. The molecule has 0 aromatic rings. The number of ether oxygens (including phenoxy) is 1. The second kappa shape index (κ2) is 19.7. The third-order valence-electron chi connectivity index (χ3n) is 22.8. The Kier molecular flexibility index (Phi) is 15.1. The Morgan fingerprint density at radius 1 is 0.585 bits per heavy atom. The molecule has 21 atom stereocenters. The van der Waals surface area contributed by atoms with Gasteiger partial charge in [-0.25, -0.2) is 0 Å². The Hall–Kier alpha value is -1.55. The fourth-order valence-electron chi connectivity index (χ4n) is 19.2. The first-order chi connectivity index (χ1) is 30.8. The first-order valence-corrected chi connectivity index (χ1v) is 27.4. The maximum absolute atomic E-state index is 13.5. The van der Waals surface area contributed by atoms with Gasteiger partial charge in [0.1, 0.15) is 5.78 Å². The van der Waals surface area contributed by atoms with Gasteiger partial charge in [-0.3, -0.25) is 14.4 Å². The zero-order valence-corrected chi connectivity index (χ0v) is 41.9. The molecule has 8 saturated carbocycles. The molecule has 9 heteroatoms. The molecule has 8 rings (SSSR count). The highest BCUT2D eigenvalue weighted by atomic mass is 16.5. The number of ketones is 1. The highest BCUT2D eigenvalue weighted by molar-refractivity contribution is 5.84. The van der Waals surface area contributed by atoms with Crippen molar-refractivity contribution in [2.45, 2.75) is 220 Å². The Labute approximate surface area is 393 Å². The monoisotopic (exact) mass is 908 g/mol. The van der Waals surface area contributed by atoms with Crippen molar-refractivity contribution in [3.63, 3.8) is 0 Å². The topological polar surface area (TPSA) is 153 Å². The van der Waals surface area contributed by atoms with Crippen molar-refractivity contribution in [1.82, 2.24) is 5.32 Å². The van der Waals surface area contributed by atoms with Crippen molar-refractivity contribution in [2.24, 2.45) is 98.6 Å². The lowest BCUT2D eigenvalue weighted by Gasteiger charge is -2.62. The number of fused-ring (bicyclic) bond motifs is 10. The molecule has 65 heavy (non-hydrogen) atoms. The molecule has 0 aromatic heterocycles. The van der Waals surface area contributed by atoms with Crippen molar-refractivity contribution in [3.05, 3.63) is 0 Å². The molecule has 0 aliphatic heterocycles. The third-order valence-corrected chi connectivity index (χ3v) is 22.8. The summed E-state index contributed by atoms with van der Waals surface area (Å²) in [6.07, 6.45) is 20.7. The second-order valence-corrected chi connectivity index (χ2v) is 25.7. The van der Waals surface area contributed by atoms with Gasteiger partial charge in [0, 0.05) is 25.8 Å². The van der Waals surface area contributed by atoms with Crippen molar-refractivity contribution in [1.29, 1.82) is 0 Å². The minimum Gasteiger partial charge on any atom is -0.469 e. The van der Waals surface area contributed by atoms with E-state index in [1.54, 1.807) is 0 Å². The van der Waals surface area contributed by atoms with E-state index in [2.05, 4.69) is 46.9 Å². The van der Waals surface area contributed by atoms with Gasteiger partial charge in [-0.2, -0.15) is 0 Å². The van der Waals surface area contributed by atoms with Gasteiger partial charge in [-0.05, 0) is 221 Å². The van der Waals surface area contributed by atoms with Crippen molar-refractivity contribution < 1.29 is 39.5 Å². The van der Waals surface area contributed by atoms with Crippen LogP contribution in [-0.4, -0.2) is 76.2 Å². The predicted octanol–water partition coefficient (Wildman–Crippen LogP) is 9.84. The number of nitrogens with one attached hydrogen (secondary N) is 1. The number of methoxy groups -OCH3 is 1. The van der Waals surface area contributed by atoms with Crippen molar-refractivity contribution >= 4 is 17.7 Å². The summed E-state index contributed by atoms with van der Waals surface area (Å²) < 4.78 is 5.17. The number of carbonyl (C=O) groups is 3. The molecule has 0 radical (unpaired) electrons. The van der Waals surface area contributed by atoms with Crippen LogP contribution in [0.15, 0.2) is 0 Å². The van der Waals surface area contributed by atoms with E-state index in [4.69, 9.17) is 4.74 Å². The van der Waals surface area contributed by atoms with E-state index in [9.17, 15) is 34.8 Å². The minimum absolute atomic E-state index is 0.0912. The van der Waals surface area contributed by atoms with Crippen LogP contribution in [0.25, 0.3) is 0 Å². The zero-order valence-electron chi connectivity index (χ0n) is 41.9. The number of Topliss-reactive ketones (excluding diaryl/α,β-unsaturated/α-hetero) is 1. The third kappa shape index (κ3) is 9.32. The fraction of sp³-hybridized carbons (Fsp3) is 0.946. The summed E-state index contributed by atoms with van der Waals surface area (Å²) in [7, 11) is 1.41. The molecule has 1 amide bonds. The molecule has 0 aromatic carbocycles. The summed E-state index contributed by atoms with van der Waals surface area (Å²) in [4.78, 5) is 39.5. The van der Waals surface area contributed by atoms with E-state index in [-0.39, 0.29) is 70.2 Å². The van der Waals surface area contributed by atoms with Crippen LogP contribution in [0.2, 0.25) is 0 Å². The molecular formula is C56H93NO8. The van der Waals surface area contributed by atoms with E-state index in [0.29, 0.717) is 96.8 Å². The molecule has 370 valence electrons. The number of hydrogen-bond acceptors (Lipinski definition) is 8. The van der Waals surface area contributed by atoms with Gasteiger partial charge in [0.05, 0.1) is 37.4 Å². The maximum Gasteiger partial charge on any atom is 0.309 e. The summed E-state index contributed by atoms with van der Waals surface area (Å²) in [6, 6.07) is 0. The quantitative estimate of drug-likeness (QED) is 0.0758. The van der Waals surface area contributed by atoms with E-state index >= 15 is 0 Å². The first kappa shape index (κ1) is 49.9. The van der Waals surface area contributed by atoms with Crippen LogP contribution in [-0.2, 0) is 19.1 Å². The summed E-state index contributed by atoms with van der Waals surface area (Å²) in [5.41, 5.74) is 0.825. The molecule has 0 saturated heterocycles. The predicted molar refractivity (Wildman–Crippen MR) is 254 cm³/mol. The van der Waals surface area contributed by atoms with Crippen LogP contribution in [0.5, 0.6) is 0 Å². The lowest BCUT2D eigenvalue weighted by atomic mass is 9.43. The number of amides is 1. The second-order valence-electron chi connectivity index (χ2n) is 25.7. The Bertz CT molecular complexity index is 1690. The molecular weight excluding hydrogens is 815 g/mol. The van der Waals surface area contributed by atoms with Crippen LogP contribution in [0.1, 0.15) is 196 Å². The Balaban J connectivity index is 0.743. The fourth-order valence-corrected chi connectivity index (χ4v) is 19.2. The zero-order chi connectivity index (χ0) is 46.6. The first-order valence-electron chi connectivity index (χ1n) is 27.4. The van der Waals surface area contributed by atoms with Crippen LogP contribution in [0, 0.1) is 98.6 Å². The molecule has 8 fully saturated rings. The molecule has 13 unspecified atom stereocenters. The Morgan fingerprint density at radius 3 is 1.54 bits per heavy atom. The van der Waals surface area contributed by atoms with Gasteiger partial charge in [-0.1, -0.05) is 48.0 Å². The van der Waals surface area contributed by atoms with E-state index in [1.807, 2.05) is 0 Å². The van der Waals surface area contributed by atoms with E-state index in [1.165, 1.54) is 39.2 Å². The number of hydrogen-bond donors (Lipinski definition) is 5. The largest absolute Gasteiger partial charge is 0.469 e. The lowest BCUT2D eigenvalue weighted by molar-refractivity contribution is -0.174. The van der Waals surface area contributed by atoms with Gasteiger partial charge >= 0.3 is 5.97 Å². The lowest BCUT2D eigenvalue weighted by Crippen LogP contribution is -2.58. The molecule has 8 aliphatic rings. The highest BCUT2D eigenvalue weighted by Crippen LogP contribution is 2.70. The molecule has 0 heterocycles. The van der Waals surface area contributed by atoms with E-state index < -0.39 is 5.92 Å². The smallest absolute Gasteiger partial charge is 0.309 e. The summed E-state index contributed by atoms with van der Waals surface area (Å²) in [5, 5.41) is 47.3. The van der Waals surface area contributed by atoms with Crippen LogP contribution >= 0.6 is 0 Å². The molecule has 5 N–H and O–H groups in total. The van der Waals surface area contributed by atoms with Gasteiger partial charge in [0.2, 0.25) is 5.91 Å². The highest BCUT2D eigenvalue weighted by Gasteiger charge is 2.64. The molecule has 8 aliphatic carbocycles. The maximum atomic E-state index is 13.5. The number of rotatable bonds is 16. The normalized spacial score (nSPS) is 46.8. The Morgan fingerprint density at radius 2 is 1.05 bits per heavy atom. The van der Waals surface area contributed by atoms with Gasteiger partial charge < -0.3 is 30.5 Å². The molecule has 0 spiro atoms. The van der Waals surface area contributed by atoms with Crippen LogP contribution in [0.4, 0.5) is 0 Å². The minimum atomic E-state index is -0.455. The average Bonchev–Trinajstić information content (AvgIpc) is 3.82.